The van der Waals surface area contributed by atoms with Crippen molar-refractivity contribution in [1.29, 1.82) is 0 Å². The lowest BCUT2D eigenvalue weighted by Gasteiger charge is -2.23. The van der Waals surface area contributed by atoms with Crippen LogP contribution in [0.4, 0.5) is 0 Å². The monoisotopic (exact) mass is 229 g/mol. The topological polar surface area (TPSA) is 49.8 Å². The van der Waals surface area contributed by atoms with Gasteiger partial charge in [0.25, 0.3) is 0 Å². The molecular formula is C10H16NO3P. The van der Waals surface area contributed by atoms with Crippen LogP contribution in [0.1, 0.15) is 13.8 Å². The lowest BCUT2D eigenvalue weighted by molar-refractivity contribution is 0.288. The number of nitrogens with zero attached hydrogens (tertiary/aromatic N) is 1. The van der Waals surface area contributed by atoms with E-state index < -0.39 is 7.75 Å². The molecule has 4 nitrogen and oxygen atoms in total. The highest BCUT2D eigenvalue weighted by Gasteiger charge is 2.28. The molecule has 0 bridgehead atoms. The molecule has 0 aliphatic carbocycles. The molecule has 1 rings (SSSR count). The third-order valence-electron chi connectivity index (χ3n) is 2.06. The van der Waals surface area contributed by atoms with Crippen molar-refractivity contribution in [2.45, 2.75) is 13.8 Å². The molecule has 1 N–H and O–H groups in total. The molecule has 0 aliphatic heterocycles. The highest BCUT2D eigenvalue weighted by atomic mass is 31.2. The van der Waals surface area contributed by atoms with Gasteiger partial charge >= 0.3 is 7.75 Å². The van der Waals surface area contributed by atoms with Gasteiger partial charge in [-0.3, -0.25) is 0 Å². The molecule has 0 radical (unpaired) electrons. The van der Waals surface area contributed by atoms with Crippen molar-refractivity contribution in [3.63, 3.8) is 0 Å². The van der Waals surface area contributed by atoms with Gasteiger partial charge in [0, 0.05) is 13.1 Å². The Hall–Kier alpha value is -0.830. The summed E-state index contributed by atoms with van der Waals surface area (Å²) in [6.45, 7) is 4.61. The summed E-state index contributed by atoms with van der Waals surface area (Å²) in [7, 11) is -3.69. The van der Waals surface area contributed by atoms with Gasteiger partial charge in [-0.15, -0.1) is 0 Å². The molecule has 84 valence electrons. The summed E-state index contributed by atoms with van der Waals surface area (Å²) in [5.41, 5.74) is 0. The lowest BCUT2D eigenvalue weighted by Crippen LogP contribution is -2.22. The molecule has 15 heavy (non-hydrogen) atoms. The number of benzene rings is 1. The van der Waals surface area contributed by atoms with E-state index in [1.165, 1.54) is 4.67 Å². The van der Waals surface area contributed by atoms with E-state index >= 15 is 0 Å². The molecule has 5 heteroatoms. The van der Waals surface area contributed by atoms with Crippen LogP contribution in [0.2, 0.25) is 0 Å². The summed E-state index contributed by atoms with van der Waals surface area (Å²) >= 11 is 0. The van der Waals surface area contributed by atoms with Crippen LogP contribution in [0.25, 0.3) is 0 Å². The molecule has 0 saturated heterocycles. The zero-order valence-electron chi connectivity index (χ0n) is 8.96. The third kappa shape index (κ3) is 3.34. The lowest BCUT2D eigenvalue weighted by atomic mass is 10.3. The van der Waals surface area contributed by atoms with Crippen LogP contribution < -0.4 is 4.52 Å². The van der Waals surface area contributed by atoms with Crippen molar-refractivity contribution in [1.82, 2.24) is 4.67 Å². The first-order valence-corrected chi connectivity index (χ1v) is 6.46. The van der Waals surface area contributed by atoms with Gasteiger partial charge in [0.1, 0.15) is 5.75 Å². The van der Waals surface area contributed by atoms with Crippen molar-refractivity contribution < 1.29 is 14.0 Å². The predicted octanol–water partition coefficient (Wildman–Crippen LogP) is 2.51. The maximum absolute atomic E-state index is 11.8. The second-order valence-corrected chi connectivity index (χ2v) is 4.76. The average Bonchev–Trinajstić information content (AvgIpc) is 2.19. The van der Waals surface area contributed by atoms with Crippen LogP contribution >= 0.6 is 7.75 Å². The minimum Gasteiger partial charge on any atom is -0.413 e. The molecular weight excluding hydrogens is 213 g/mol. The first-order valence-electron chi connectivity index (χ1n) is 4.93. The van der Waals surface area contributed by atoms with Crippen LogP contribution in [-0.2, 0) is 4.57 Å². The van der Waals surface area contributed by atoms with E-state index in [0.29, 0.717) is 18.8 Å². The molecule has 1 aromatic rings. The zero-order chi connectivity index (χ0) is 11.3. The van der Waals surface area contributed by atoms with E-state index in [4.69, 9.17) is 4.52 Å². The Morgan fingerprint density at radius 2 is 1.80 bits per heavy atom. The van der Waals surface area contributed by atoms with Gasteiger partial charge in [0.05, 0.1) is 0 Å². The molecule has 0 fully saturated rings. The molecule has 0 amide bonds. The fraction of sp³-hybridized carbons (Fsp3) is 0.400. The van der Waals surface area contributed by atoms with E-state index in [2.05, 4.69) is 0 Å². The standard InChI is InChI=1S/C10H16NO3P/c1-3-11(4-2)15(12,13)14-10-8-6-5-7-9-10/h5-9H,3-4H2,1-2H3,(H,12,13). The maximum Gasteiger partial charge on any atom is 0.458 e. The van der Waals surface area contributed by atoms with Gasteiger partial charge in [-0.1, -0.05) is 32.0 Å². The van der Waals surface area contributed by atoms with Gasteiger partial charge in [0.2, 0.25) is 0 Å². The first kappa shape index (κ1) is 12.2. The summed E-state index contributed by atoms with van der Waals surface area (Å²) in [4.78, 5) is 9.69. The Balaban J connectivity index is 2.76. The van der Waals surface area contributed by atoms with E-state index in [9.17, 15) is 9.46 Å². The summed E-state index contributed by atoms with van der Waals surface area (Å²) in [5, 5.41) is 0. The molecule has 1 atom stereocenters. The molecule has 0 aromatic heterocycles. The minimum absolute atomic E-state index is 0.412. The van der Waals surface area contributed by atoms with E-state index in [0.717, 1.165) is 0 Å². The van der Waals surface area contributed by atoms with Crippen molar-refractivity contribution in [2.75, 3.05) is 13.1 Å². The quantitative estimate of drug-likeness (QED) is 0.788. The van der Waals surface area contributed by atoms with Crippen LogP contribution in [0.5, 0.6) is 5.75 Å². The molecule has 0 aliphatic rings. The normalized spacial score (nSPS) is 14.9. The smallest absolute Gasteiger partial charge is 0.413 e. The molecule has 1 aromatic carbocycles. The second kappa shape index (κ2) is 5.31. The summed E-state index contributed by atoms with van der Waals surface area (Å²) in [6, 6.07) is 8.67. The Labute approximate surface area is 90.1 Å². The van der Waals surface area contributed by atoms with E-state index in [1.807, 2.05) is 19.9 Å². The second-order valence-electron chi connectivity index (χ2n) is 3.03. The van der Waals surface area contributed by atoms with Crippen molar-refractivity contribution >= 4 is 7.75 Å². The number of para-hydroxylation sites is 1. The number of hydrogen-bond acceptors (Lipinski definition) is 2. The SMILES string of the molecule is CCN(CC)P(=O)(O)Oc1ccccc1. The van der Waals surface area contributed by atoms with E-state index in [-0.39, 0.29) is 0 Å². The fourth-order valence-electron chi connectivity index (χ4n) is 1.26. The van der Waals surface area contributed by atoms with Gasteiger partial charge in [-0.2, -0.15) is 4.67 Å². The molecule has 0 spiro atoms. The Morgan fingerprint density at radius 3 is 2.27 bits per heavy atom. The average molecular weight is 229 g/mol. The van der Waals surface area contributed by atoms with Crippen molar-refractivity contribution in [3.05, 3.63) is 30.3 Å². The molecule has 0 heterocycles. The highest BCUT2D eigenvalue weighted by molar-refractivity contribution is 7.50. The van der Waals surface area contributed by atoms with Crippen LogP contribution in [0, 0.1) is 0 Å². The number of hydrogen-bond donors (Lipinski definition) is 1. The molecule has 1 unspecified atom stereocenters. The largest absolute Gasteiger partial charge is 0.458 e. The Kier molecular flexibility index (Phi) is 4.33. The maximum atomic E-state index is 11.8. The summed E-state index contributed by atoms with van der Waals surface area (Å²) in [6.07, 6.45) is 0. The van der Waals surface area contributed by atoms with Crippen molar-refractivity contribution in [2.24, 2.45) is 0 Å². The van der Waals surface area contributed by atoms with Gasteiger partial charge < -0.3 is 9.42 Å². The van der Waals surface area contributed by atoms with E-state index in [1.54, 1.807) is 24.3 Å². The summed E-state index contributed by atoms with van der Waals surface area (Å²) < 4.78 is 18.3. The zero-order valence-corrected chi connectivity index (χ0v) is 9.85. The number of rotatable bonds is 5. The van der Waals surface area contributed by atoms with Gasteiger partial charge in [-0.05, 0) is 12.1 Å². The summed E-state index contributed by atoms with van der Waals surface area (Å²) in [5.74, 6) is 0.412. The van der Waals surface area contributed by atoms with Gasteiger partial charge in [0.15, 0.2) is 0 Å². The third-order valence-corrected chi connectivity index (χ3v) is 3.78. The molecule has 0 saturated carbocycles. The Morgan fingerprint density at radius 1 is 1.27 bits per heavy atom. The first-order chi connectivity index (χ1) is 7.10. The highest BCUT2D eigenvalue weighted by Crippen LogP contribution is 2.45. The van der Waals surface area contributed by atoms with Crippen LogP contribution in [0.3, 0.4) is 0 Å². The van der Waals surface area contributed by atoms with Gasteiger partial charge in [-0.25, -0.2) is 4.57 Å². The minimum atomic E-state index is -3.69. The van der Waals surface area contributed by atoms with Crippen molar-refractivity contribution in [3.8, 4) is 5.75 Å². The van der Waals surface area contributed by atoms with Crippen LogP contribution in [0.15, 0.2) is 30.3 Å². The Bertz CT molecular complexity index is 338. The fourth-order valence-corrected chi connectivity index (χ4v) is 2.48. The predicted molar refractivity (Wildman–Crippen MR) is 59.8 cm³/mol. The van der Waals surface area contributed by atoms with Crippen LogP contribution in [-0.4, -0.2) is 22.7 Å².